The van der Waals surface area contributed by atoms with Crippen molar-refractivity contribution in [3.05, 3.63) is 86.8 Å². The van der Waals surface area contributed by atoms with Crippen molar-refractivity contribution < 1.29 is 23.9 Å². The lowest BCUT2D eigenvalue weighted by atomic mass is 10.0. The number of nitrogens with two attached hydrogens (primary N) is 1. The number of pyridine rings is 1. The summed E-state index contributed by atoms with van der Waals surface area (Å²) in [6, 6.07) is 11.6. The minimum atomic E-state index is -0.981. The van der Waals surface area contributed by atoms with E-state index in [2.05, 4.69) is 52.4 Å². The van der Waals surface area contributed by atoms with E-state index >= 15 is 0 Å². The van der Waals surface area contributed by atoms with Gasteiger partial charge in [0.2, 0.25) is 17.7 Å². The number of nitrogens with one attached hydrogen (secondary N) is 2. The number of piperazine rings is 1. The van der Waals surface area contributed by atoms with Gasteiger partial charge in [-0.05, 0) is 118 Å². The van der Waals surface area contributed by atoms with Crippen LogP contribution in [0, 0.1) is 5.82 Å². The molecule has 1 aromatic heterocycles. The fourth-order valence-electron chi connectivity index (χ4n) is 5.53. The van der Waals surface area contributed by atoms with Crippen LogP contribution in [0.3, 0.4) is 0 Å². The second-order valence-corrected chi connectivity index (χ2v) is 13.3. The molecule has 0 radical (unpaired) electrons. The van der Waals surface area contributed by atoms with E-state index in [0.717, 1.165) is 11.3 Å². The molecule has 47 heavy (non-hydrogen) atoms. The minimum Gasteiger partial charge on any atom is -0.506 e. The van der Waals surface area contributed by atoms with E-state index in [1.165, 1.54) is 12.1 Å². The number of aromatic hydroxyl groups is 1. The lowest BCUT2D eigenvalue weighted by Gasteiger charge is -2.37. The van der Waals surface area contributed by atoms with Crippen LogP contribution in [0.4, 0.5) is 10.1 Å². The number of phenolic OH excluding ortho intramolecular Hbond substituents is 1. The summed E-state index contributed by atoms with van der Waals surface area (Å²) in [5.41, 5.74) is 8.37. The second kappa shape index (κ2) is 18.1. The molecule has 1 fully saturated rings. The number of carbonyl (C=O) groups is 3. The van der Waals surface area contributed by atoms with Crippen LogP contribution < -0.4 is 21.3 Å². The number of phenols is 1. The summed E-state index contributed by atoms with van der Waals surface area (Å²) < 4.78 is 14.1. The van der Waals surface area contributed by atoms with Crippen LogP contribution in [0.25, 0.3) is 0 Å². The Morgan fingerprint density at radius 3 is 2.19 bits per heavy atom. The first-order chi connectivity index (χ1) is 22.6. The van der Waals surface area contributed by atoms with Gasteiger partial charge in [0.25, 0.3) is 0 Å². The number of aryl methyl sites for hydroxylation is 1. The molecule has 3 amide bonds. The third kappa shape index (κ3) is 11.0. The lowest BCUT2D eigenvalue weighted by molar-refractivity contribution is -0.137. The number of hydrogen-bond donors (Lipinski definition) is 4. The largest absolute Gasteiger partial charge is 0.506 e. The summed E-state index contributed by atoms with van der Waals surface area (Å²) in [5.74, 6) is -1.25. The van der Waals surface area contributed by atoms with E-state index in [-0.39, 0.29) is 36.2 Å². The van der Waals surface area contributed by atoms with Crippen molar-refractivity contribution >= 4 is 55.3 Å². The average Bonchev–Trinajstić information content (AvgIpc) is 3.07. The van der Waals surface area contributed by atoms with Crippen LogP contribution >= 0.6 is 31.9 Å². The van der Waals surface area contributed by atoms with Gasteiger partial charge in [-0.2, -0.15) is 0 Å². The van der Waals surface area contributed by atoms with E-state index in [4.69, 9.17) is 5.73 Å². The zero-order valence-electron chi connectivity index (χ0n) is 26.1. The number of halogens is 3. The van der Waals surface area contributed by atoms with Gasteiger partial charge in [-0.15, -0.1) is 0 Å². The van der Waals surface area contributed by atoms with Crippen molar-refractivity contribution in [3.8, 4) is 5.75 Å². The molecule has 2 atom stereocenters. The van der Waals surface area contributed by atoms with Gasteiger partial charge in [-0.3, -0.25) is 19.4 Å². The van der Waals surface area contributed by atoms with Gasteiger partial charge >= 0.3 is 0 Å². The number of hydrogen-bond acceptors (Lipinski definition) is 7. The first-order valence-electron chi connectivity index (χ1n) is 15.8. The maximum absolute atomic E-state index is 13.9. The van der Waals surface area contributed by atoms with E-state index < -0.39 is 18.0 Å². The zero-order chi connectivity index (χ0) is 33.8. The zero-order valence-corrected chi connectivity index (χ0v) is 29.3. The van der Waals surface area contributed by atoms with Gasteiger partial charge in [0.15, 0.2) is 0 Å². The third-order valence-electron chi connectivity index (χ3n) is 8.13. The van der Waals surface area contributed by atoms with Crippen molar-refractivity contribution in [2.45, 2.75) is 57.0 Å². The lowest BCUT2D eigenvalue weighted by Crippen LogP contribution is -2.57. The summed E-state index contributed by atoms with van der Waals surface area (Å²) in [6.45, 7) is 2.80. The molecule has 252 valence electrons. The standard InChI is InChI=1S/C34H41Br2FN6O4/c35-27-20-24(21-28(36)32(27)45)22-30(40-31(44)6-3-4-23-7-9-25(37)10-8-23)33(46)41-29(5-1-2-13-38)34(47)43-18-16-42(17-19-43)26-11-14-39-15-12-26/h7-12,14-15,20-21,29-30,45H,1-6,13,16-19,22,38H2,(H,40,44)(H,41,46)/t29-,30-/m0/s1. The molecule has 5 N–H and O–H groups in total. The Labute approximate surface area is 291 Å². The maximum atomic E-state index is 13.9. The van der Waals surface area contributed by atoms with Crippen LogP contribution in [0.1, 0.15) is 43.2 Å². The van der Waals surface area contributed by atoms with Crippen molar-refractivity contribution in [2.24, 2.45) is 5.73 Å². The second-order valence-electron chi connectivity index (χ2n) is 11.6. The SMILES string of the molecule is NCCCC[C@H](NC(=O)[C@H](Cc1cc(Br)c(O)c(Br)c1)NC(=O)CCCc1ccc(F)cc1)C(=O)N1CCN(c2ccncc2)CC1. The molecule has 4 rings (SSSR count). The van der Waals surface area contributed by atoms with Crippen molar-refractivity contribution in [1.82, 2.24) is 20.5 Å². The summed E-state index contributed by atoms with van der Waals surface area (Å²) in [6.07, 6.45) is 6.63. The Hall–Kier alpha value is -3.55. The third-order valence-corrected chi connectivity index (χ3v) is 9.34. The number of benzene rings is 2. The Morgan fingerprint density at radius 1 is 0.894 bits per heavy atom. The Kier molecular flexibility index (Phi) is 14.0. The van der Waals surface area contributed by atoms with Gasteiger partial charge < -0.3 is 31.3 Å². The fourth-order valence-corrected chi connectivity index (χ4v) is 6.82. The van der Waals surface area contributed by atoms with Crippen LogP contribution in [0.15, 0.2) is 69.9 Å². The monoisotopic (exact) mass is 774 g/mol. The Bertz CT molecular complexity index is 1470. The number of unbranched alkanes of at least 4 members (excludes halogenated alkanes) is 1. The summed E-state index contributed by atoms with van der Waals surface area (Å²) >= 11 is 6.67. The predicted octanol–water partition coefficient (Wildman–Crippen LogP) is 4.46. The minimum absolute atomic E-state index is 0.0224. The molecule has 13 heteroatoms. The van der Waals surface area contributed by atoms with E-state index in [0.29, 0.717) is 79.3 Å². The molecule has 2 aromatic carbocycles. The molecule has 0 bridgehead atoms. The van der Waals surface area contributed by atoms with E-state index in [9.17, 15) is 23.9 Å². The van der Waals surface area contributed by atoms with Crippen molar-refractivity contribution in [2.75, 3.05) is 37.6 Å². The van der Waals surface area contributed by atoms with Gasteiger partial charge in [0, 0.05) is 57.1 Å². The molecule has 10 nitrogen and oxygen atoms in total. The number of carbonyl (C=O) groups excluding carboxylic acids is 3. The van der Waals surface area contributed by atoms with E-state index in [1.807, 2.05) is 12.1 Å². The van der Waals surface area contributed by atoms with Gasteiger partial charge in [-0.1, -0.05) is 12.1 Å². The summed E-state index contributed by atoms with van der Waals surface area (Å²) in [7, 11) is 0. The Balaban J connectivity index is 1.45. The van der Waals surface area contributed by atoms with E-state index in [1.54, 1.807) is 41.6 Å². The van der Waals surface area contributed by atoms with Gasteiger partial charge in [0.1, 0.15) is 23.7 Å². The number of aromatic nitrogens is 1. The summed E-state index contributed by atoms with van der Waals surface area (Å²) in [5, 5.41) is 16.0. The molecule has 2 heterocycles. The van der Waals surface area contributed by atoms with Crippen molar-refractivity contribution in [1.29, 1.82) is 0 Å². The molecule has 1 saturated heterocycles. The highest BCUT2D eigenvalue weighted by atomic mass is 79.9. The average molecular weight is 777 g/mol. The van der Waals surface area contributed by atoms with Crippen LogP contribution in [0.5, 0.6) is 5.75 Å². The number of nitrogens with zero attached hydrogens (tertiary/aromatic N) is 3. The topological polar surface area (TPSA) is 141 Å². The van der Waals surface area contributed by atoms with Crippen LogP contribution in [-0.4, -0.2) is 77.5 Å². The first kappa shape index (κ1) is 36.3. The highest BCUT2D eigenvalue weighted by Gasteiger charge is 2.31. The molecular weight excluding hydrogens is 735 g/mol. The number of amides is 3. The fraction of sp³-hybridized carbons (Fsp3) is 0.412. The molecule has 1 aliphatic rings. The quantitative estimate of drug-likeness (QED) is 0.167. The van der Waals surface area contributed by atoms with Crippen LogP contribution in [0.2, 0.25) is 0 Å². The normalized spacial score (nSPS) is 14.4. The predicted molar refractivity (Wildman–Crippen MR) is 186 cm³/mol. The van der Waals surface area contributed by atoms with Gasteiger partial charge in [-0.25, -0.2) is 4.39 Å². The first-order valence-corrected chi connectivity index (χ1v) is 17.4. The maximum Gasteiger partial charge on any atom is 0.245 e. The smallest absolute Gasteiger partial charge is 0.245 e. The molecule has 0 saturated carbocycles. The summed E-state index contributed by atoms with van der Waals surface area (Å²) in [4.78, 5) is 48.8. The van der Waals surface area contributed by atoms with Crippen molar-refractivity contribution in [3.63, 3.8) is 0 Å². The highest BCUT2D eigenvalue weighted by molar-refractivity contribution is 9.11. The highest BCUT2D eigenvalue weighted by Crippen LogP contribution is 2.33. The molecule has 0 spiro atoms. The van der Waals surface area contributed by atoms with Crippen LogP contribution in [-0.2, 0) is 27.2 Å². The molecule has 0 aliphatic carbocycles. The molecule has 1 aliphatic heterocycles. The molecule has 0 unspecified atom stereocenters. The van der Waals surface area contributed by atoms with Gasteiger partial charge in [0.05, 0.1) is 8.95 Å². The molecular formula is C34H41Br2FN6O4. The number of anilines is 1. The number of rotatable bonds is 15. The molecule has 3 aromatic rings. The Morgan fingerprint density at radius 2 is 1.55 bits per heavy atom.